The highest BCUT2D eigenvalue weighted by Gasteiger charge is 2.41. The van der Waals surface area contributed by atoms with Crippen LogP contribution in [0.2, 0.25) is 0 Å². The summed E-state index contributed by atoms with van der Waals surface area (Å²) < 4.78 is 26.9. The number of halogens is 2. The highest BCUT2D eigenvalue weighted by Crippen LogP contribution is 2.34. The average Bonchev–Trinajstić information content (AvgIpc) is 2.44. The summed E-state index contributed by atoms with van der Waals surface area (Å²) >= 11 is 0. The molecule has 1 aromatic rings. The molecule has 0 N–H and O–H groups in total. The van der Waals surface area contributed by atoms with Crippen LogP contribution in [0.3, 0.4) is 0 Å². The largest absolute Gasteiger partial charge is 0.297 e. The minimum absolute atomic E-state index is 0.00769. The van der Waals surface area contributed by atoms with Crippen LogP contribution in [-0.2, 0) is 11.2 Å². The third-order valence-corrected chi connectivity index (χ3v) is 4.44. The highest BCUT2D eigenvalue weighted by molar-refractivity contribution is 5.90. The second kappa shape index (κ2) is 6.00. The molecule has 0 bridgehead atoms. The van der Waals surface area contributed by atoms with Crippen molar-refractivity contribution in [2.75, 3.05) is 14.1 Å². The lowest BCUT2D eigenvalue weighted by Gasteiger charge is -2.41. The lowest BCUT2D eigenvalue weighted by Crippen LogP contribution is -2.53. The van der Waals surface area contributed by atoms with Crippen LogP contribution in [0.5, 0.6) is 0 Å². The van der Waals surface area contributed by atoms with Crippen molar-refractivity contribution in [2.24, 2.45) is 0 Å². The first-order chi connectivity index (χ1) is 9.47. The zero-order valence-corrected chi connectivity index (χ0v) is 12.1. The standard InChI is InChI=1S/C16H21F2NO/c1-19(2)16(9-4-3-5-10-16)14(20)11-12-7-6-8-13(17)15(12)18/h6-8H,3-5,9-11H2,1-2H3. The minimum atomic E-state index is -0.898. The van der Waals surface area contributed by atoms with Gasteiger partial charge in [0.15, 0.2) is 17.4 Å². The monoisotopic (exact) mass is 281 g/mol. The summed E-state index contributed by atoms with van der Waals surface area (Å²) in [6, 6.07) is 4.01. The second-order valence-corrected chi connectivity index (χ2v) is 5.80. The van der Waals surface area contributed by atoms with Crippen LogP contribution in [0.25, 0.3) is 0 Å². The summed E-state index contributed by atoms with van der Waals surface area (Å²) in [5.74, 6) is -1.80. The Kier molecular flexibility index (Phi) is 4.53. The summed E-state index contributed by atoms with van der Waals surface area (Å²) in [6.45, 7) is 0. The SMILES string of the molecule is CN(C)C1(C(=O)Cc2cccc(F)c2F)CCCCC1. The minimum Gasteiger partial charge on any atom is -0.297 e. The predicted molar refractivity (Wildman–Crippen MR) is 74.6 cm³/mol. The van der Waals surface area contributed by atoms with Gasteiger partial charge in [-0.05, 0) is 38.6 Å². The second-order valence-electron chi connectivity index (χ2n) is 5.80. The fraction of sp³-hybridized carbons (Fsp3) is 0.562. The van der Waals surface area contributed by atoms with E-state index in [0.717, 1.165) is 38.2 Å². The van der Waals surface area contributed by atoms with Gasteiger partial charge in [0.1, 0.15) is 0 Å². The van der Waals surface area contributed by atoms with Crippen LogP contribution in [0.1, 0.15) is 37.7 Å². The molecular weight excluding hydrogens is 260 g/mol. The summed E-state index contributed by atoms with van der Waals surface area (Å²) in [7, 11) is 3.79. The molecule has 1 saturated carbocycles. The molecule has 0 heterocycles. The molecule has 0 saturated heterocycles. The van der Waals surface area contributed by atoms with Crippen LogP contribution in [-0.4, -0.2) is 30.3 Å². The lowest BCUT2D eigenvalue weighted by atomic mass is 9.76. The normalized spacial score (nSPS) is 18.2. The number of ketones is 1. The first-order valence-corrected chi connectivity index (χ1v) is 7.11. The van der Waals surface area contributed by atoms with Crippen LogP contribution in [0, 0.1) is 11.6 Å². The highest BCUT2D eigenvalue weighted by atomic mass is 19.2. The number of rotatable bonds is 4. The predicted octanol–water partition coefficient (Wildman–Crippen LogP) is 3.34. The van der Waals surface area contributed by atoms with Crippen molar-refractivity contribution >= 4 is 5.78 Å². The van der Waals surface area contributed by atoms with E-state index in [-0.39, 0.29) is 17.8 Å². The summed E-state index contributed by atoms with van der Waals surface area (Å²) in [6.07, 6.45) is 4.72. The molecule has 2 rings (SSSR count). The molecular formula is C16H21F2NO. The third kappa shape index (κ3) is 2.75. The molecule has 0 aromatic heterocycles. The first-order valence-electron chi connectivity index (χ1n) is 7.11. The topological polar surface area (TPSA) is 20.3 Å². The van der Waals surface area contributed by atoms with Crippen molar-refractivity contribution in [1.82, 2.24) is 4.90 Å². The van der Waals surface area contributed by atoms with Gasteiger partial charge in [0.2, 0.25) is 0 Å². The summed E-state index contributed by atoms with van der Waals surface area (Å²) in [5, 5.41) is 0. The Morgan fingerprint density at radius 3 is 2.45 bits per heavy atom. The first kappa shape index (κ1) is 15.1. The Hall–Kier alpha value is -1.29. The van der Waals surface area contributed by atoms with Gasteiger partial charge in [-0.3, -0.25) is 9.69 Å². The Balaban J connectivity index is 2.23. The lowest BCUT2D eigenvalue weighted by molar-refractivity contribution is -0.131. The van der Waals surface area contributed by atoms with Gasteiger partial charge in [0.05, 0.1) is 5.54 Å². The van der Waals surface area contributed by atoms with Crippen LogP contribution >= 0.6 is 0 Å². The number of carbonyl (C=O) groups excluding carboxylic acids is 1. The van der Waals surface area contributed by atoms with Crippen molar-refractivity contribution in [3.05, 3.63) is 35.4 Å². The van der Waals surface area contributed by atoms with Gasteiger partial charge in [-0.1, -0.05) is 31.4 Å². The van der Waals surface area contributed by atoms with E-state index >= 15 is 0 Å². The van der Waals surface area contributed by atoms with Gasteiger partial charge in [-0.15, -0.1) is 0 Å². The summed E-state index contributed by atoms with van der Waals surface area (Å²) in [4.78, 5) is 14.6. The molecule has 1 aliphatic carbocycles. The van der Waals surface area contributed by atoms with Crippen molar-refractivity contribution in [1.29, 1.82) is 0 Å². The van der Waals surface area contributed by atoms with Crippen molar-refractivity contribution in [3.63, 3.8) is 0 Å². The number of nitrogens with zero attached hydrogens (tertiary/aromatic N) is 1. The smallest absolute Gasteiger partial charge is 0.162 e. The van der Waals surface area contributed by atoms with Crippen molar-refractivity contribution in [3.8, 4) is 0 Å². The maximum absolute atomic E-state index is 13.7. The Morgan fingerprint density at radius 2 is 1.85 bits per heavy atom. The average molecular weight is 281 g/mol. The zero-order valence-electron chi connectivity index (χ0n) is 12.1. The Bertz CT molecular complexity index is 493. The number of carbonyl (C=O) groups is 1. The maximum atomic E-state index is 13.7. The number of hydrogen-bond acceptors (Lipinski definition) is 2. The molecule has 0 radical (unpaired) electrons. The molecule has 0 spiro atoms. The van der Waals surface area contributed by atoms with E-state index in [9.17, 15) is 13.6 Å². The van der Waals surface area contributed by atoms with Crippen LogP contribution in [0.15, 0.2) is 18.2 Å². The van der Waals surface area contributed by atoms with Gasteiger partial charge in [0, 0.05) is 6.42 Å². The van der Waals surface area contributed by atoms with Crippen LogP contribution in [0.4, 0.5) is 8.78 Å². The number of Topliss-reactive ketones (excluding diaryl/α,β-unsaturated/α-hetero) is 1. The molecule has 1 fully saturated rings. The Labute approximate surface area is 118 Å². The Morgan fingerprint density at radius 1 is 1.20 bits per heavy atom. The maximum Gasteiger partial charge on any atom is 0.162 e. The molecule has 20 heavy (non-hydrogen) atoms. The van der Waals surface area contributed by atoms with Gasteiger partial charge in [-0.2, -0.15) is 0 Å². The van der Waals surface area contributed by atoms with E-state index in [2.05, 4.69) is 0 Å². The van der Waals surface area contributed by atoms with Crippen molar-refractivity contribution < 1.29 is 13.6 Å². The molecule has 110 valence electrons. The van der Waals surface area contributed by atoms with E-state index in [1.165, 1.54) is 12.1 Å². The molecule has 0 unspecified atom stereocenters. The molecule has 2 nitrogen and oxygen atoms in total. The zero-order chi connectivity index (χ0) is 14.8. The molecule has 1 aliphatic rings. The van der Waals surface area contributed by atoms with Gasteiger partial charge in [-0.25, -0.2) is 8.78 Å². The van der Waals surface area contributed by atoms with E-state index < -0.39 is 17.2 Å². The molecule has 0 atom stereocenters. The fourth-order valence-electron chi connectivity index (χ4n) is 3.13. The van der Waals surface area contributed by atoms with E-state index in [4.69, 9.17) is 0 Å². The van der Waals surface area contributed by atoms with E-state index in [1.54, 1.807) is 0 Å². The van der Waals surface area contributed by atoms with Gasteiger partial charge < -0.3 is 0 Å². The fourth-order valence-corrected chi connectivity index (χ4v) is 3.13. The van der Waals surface area contributed by atoms with Gasteiger partial charge >= 0.3 is 0 Å². The number of likely N-dealkylation sites (N-methyl/N-ethyl adjacent to an activating group) is 1. The van der Waals surface area contributed by atoms with Crippen LogP contribution < -0.4 is 0 Å². The van der Waals surface area contributed by atoms with Crippen molar-refractivity contribution in [2.45, 2.75) is 44.1 Å². The number of hydrogen-bond donors (Lipinski definition) is 0. The summed E-state index contributed by atoms with van der Waals surface area (Å²) in [5.41, 5.74) is -0.362. The number of benzene rings is 1. The van der Waals surface area contributed by atoms with E-state index in [1.807, 2.05) is 19.0 Å². The molecule has 4 heteroatoms. The van der Waals surface area contributed by atoms with E-state index in [0.29, 0.717) is 0 Å². The van der Waals surface area contributed by atoms with Gasteiger partial charge in [0.25, 0.3) is 0 Å². The molecule has 0 aliphatic heterocycles. The molecule has 0 amide bonds. The quantitative estimate of drug-likeness (QED) is 0.843. The molecule has 1 aromatic carbocycles. The third-order valence-electron chi connectivity index (χ3n) is 4.44.